The van der Waals surface area contributed by atoms with E-state index in [9.17, 15) is 4.79 Å². The monoisotopic (exact) mass is 314 g/mol. The van der Waals surface area contributed by atoms with Crippen LogP contribution in [0.25, 0.3) is 0 Å². The minimum atomic E-state index is 0.103. The molecule has 1 aromatic carbocycles. The van der Waals surface area contributed by atoms with Gasteiger partial charge in [-0.05, 0) is 44.0 Å². The van der Waals surface area contributed by atoms with Crippen molar-refractivity contribution >= 4 is 29.1 Å². The second-order valence-corrected chi connectivity index (χ2v) is 6.03. The van der Waals surface area contributed by atoms with E-state index in [1.165, 1.54) is 0 Å². The van der Waals surface area contributed by atoms with Gasteiger partial charge in [0.1, 0.15) is 0 Å². The van der Waals surface area contributed by atoms with E-state index in [0.29, 0.717) is 16.6 Å². The van der Waals surface area contributed by atoms with Crippen molar-refractivity contribution in [3.8, 4) is 0 Å². The zero-order chi connectivity index (χ0) is 14.5. The highest BCUT2D eigenvalue weighted by molar-refractivity contribution is 6.42. The van der Waals surface area contributed by atoms with Crippen LogP contribution in [0, 0.1) is 5.92 Å². The molecule has 0 radical (unpaired) electrons. The van der Waals surface area contributed by atoms with Crippen LogP contribution < -0.4 is 5.32 Å². The van der Waals surface area contributed by atoms with Gasteiger partial charge in [-0.2, -0.15) is 0 Å². The molecule has 1 saturated heterocycles. The predicted molar refractivity (Wildman–Crippen MR) is 83.1 cm³/mol. The smallest absolute Gasteiger partial charge is 0.224 e. The topological polar surface area (TPSA) is 32.3 Å². The fraction of sp³-hybridized carbons (Fsp3) is 0.533. The molecule has 1 aliphatic rings. The number of piperidine rings is 1. The average Bonchev–Trinajstić information content (AvgIpc) is 2.43. The second-order valence-electron chi connectivity index (χ2n) is 5.22. The third-order valence-corrected chi connectivity index (χ3v) is 4.36. The van der Waals surface area contributed by atoms with Gasteiger partial charge in [0.05, 0.1) is 16.0 Å². The maximum Gasteiger partial charge on any atom is 0.224 e. The third kappa shape index (κ3) is 4.11. The molecular weight excluding hydrogens is 295 g/mol. The Balaban J connectivity index is 1.95. The number of hydrogen-bond acceptors (Lipinski definition) is 2. The molecule has 0 spiro atoms. The van der Waals surface area contributed by atoms with Gasteiger partial charge < -0.3 is 5.32 Å². The van der Waals surface area contributed by atoms with Gasteiger partial charge in [0.15, 0.2) is 0 Å². The van der Waals surface area contributed by atoms with Crippen molar-refractivity contribution in [3.05, 3.63) is 33.8 Å². The van der Waals surface area contributed by atoms with Crippen molar-refractivity contribution in [3.63, 3.8) is 0 Å². The van der Waals surface area contributed by atoms with Crippen molar-refractivity contribution in [1.29, 1.82) is 0 Å². The molecule has 0 aromatic heterocycles. The molecular formula is C15H20Cl2N2O. The molecule has 0 saturated carbocycles. The van der Waals surface area contributed by atoms with E-state index in [0.717, 1.165) is 38.0 Å². The van der Waals surface area contributed by atoms with Crippen LogP contribution in [0.2, 0.25) is 10.0 Å². The molecule has 1 atom stereocenters. The minimum absolute atomic E-state index is 0.103. The number of nitrogens with one attached hydrogen (secondary N) is 1. The lowest BCUT2D eigenvalue weighted by molar-refractivity contribution is -0.126. The summed E-state index contributed by atoms with van der Waals surface area (Å²) in [5.74, 6) is 0.276. The summed E-state index contributed by atoms with van der Waals surface area (Å²) in [6.07, 6.45) is 2.03. The van der Waals surface area contributed by atoms with Crippen LogP contribution in [0.5, 0.6) is 0 Å². The standard InChI is InChI=1S/C15H20Cl2N2O/c1-2-18-15(20)12-4-3-7-19(10-12)9-11-5-6-13(16)14(17)8-11/h5-6,8,12H,2-4,7,9-10H2,1H3,(H,18,20). The quantitative estimate of drug-likeness (QED) is 0.924. The lowest BCUT2D eigenvalue weighted by Crippen LogP contribution is -2.42. The van der Waals surface area contributed by atoms with Crippen LogP contribution in [0.4, 0.5) is 0 Å². The van der Waals surface area contributed by atoms with Crippen molar-refractivity contribution in [2.45, 2.75) is 26.3 Å². The van der Waals surface area contributed by atoms with Crippen molar-refractivity contribution < 1.29 is 4.79 Å². The maximum absolute atomic E-state index is 11.9. The van der Waals surface area contributed by atoms with Gasteiger partial charge in [-0.25, -0.2) is 0 Å². The number of carbonyl (C=O) groups excluding carboxylic acids is 1. The van der Waals surface area contributed by atoms with Crippen molar-refractivity contribution in [2.24, 2.45) is 5.92 Å². The van der Waals surface area contributed by atoms with Crippen LogP contribution >= 0.6 is 23.2 Å². The molecule has 1 unspecified atom stereocenters. The van der Waals surface area contributed by atoms with Crippen LogP contribution in [-0.2, 0) is 11.3 Å². The third-order valence-electron chi connectivity index (χ3n) is 3.62. The molecule has 0 aliphatic carbocycles. The Kier molecular flexibility index (Phi) is 5.70. The Labute approximate surface area is 130 Å². The molecule has 1 aromatic rings. The van der Waals surface area contributed by atoms with Gasteiger partial charge in [0, 0.05) is 19.6 Å². The molecule has 1 N–H and O–H groups in total. The summed E-state index contributed by atoms with van der Waals surface area (Å²) >= 11 is 12.0. The maximum atomic E-state index is 11.9. The van der Waals surface area contributed by atoms with Crippen molar-refractivity contribution in [2.75, 3.05) is 19.6 Å². The molecule has 20 heavy (non-hydrogen) atoms. The molecule has 1 aliphatic heterocycles. The number of benzene rings is 1. The number of likely N-dealkylation sites (tertiary alicyclic amines) is 1. The normalized spacial score (nSPS) is 19.9. The van der Waals surface area contributed by atoms with Gasteiger partial charge in [-0.3, -0.25) is 9.69 Å². The number of halogens is 2. The Morgan fingerprint density at radius 1 is 1.40 bits per heavy atom. The fourth-order valence-corrected chi connectivity index (χ4v) is 2.95. The summed E-state index contributed by atoms with van der Waals surface area (Å²) in [7, 11) is 0. The number of nitrogens with zero attached hydrogens (tertiary/aromatic N) is 1. The van der Waals surface area contributed by atoms with Crippen LogP contribution in [0.15, 0.2) is 18.2 Å². The molecule has 3 nitrogen and oxygen atoms in total. The summed E-state index contributed by atoms with van der Waals surface area (Å²) in [6.45, 7) is 5.30. The van der Waals surface area contributed by atoms with Gasteiger partial charge in [-0.1, -0.05) is 29.3 Å². The van der Waals surface area contributed by atoms with Gasteiger partial charge >= 0.3 is 0 Å². The fourth-order valence-electron chi connectivity index (χ4n) is 2.63. The summed E-state index contributed by atoms with van der Waals surface area (Å²) < 4.78 is 0. The van der Waals surface area contributed by atoms with Crippen molar-refractivity contribution in [1.82, 2.24) is 10.2 Å². The lowest BCUT2D eigenvalue weighted by atomic mass is 9.96. The highest BCUT2D eigenvalue weighted by Gasteiger charge is 2.25. The Bertz CT molecular complexity index is 479. The lowest BCUT2D eigenvalue weighted by Gasteiger charge is -2.32. The number of amides is 1. The molecule has 1 fully saturated rings. The van der Waals surface area contributed by atoms with Crippen LogP contribution in [0.1, 0.15) is 25.3 Å². The van der Waals surface area contributed by atoms with Gasteiger partial charge in [0.2, 0.25) is 5.91 Å². The number of rotatable bonds is 4. The summed E-state index contributed by atoms with van der Waals surface area (Å²) in [5, 5.41) is 4.07. The largest absolute Gasteiger partial charge is 0.356 e. The summed E-state index contributed by atoms with van der Waals surface area (Å²) in [5.41, 5.74) is 1.14. The van der Waals surface area contributed by atoms with E-state index in [2.05, 4.69) is 10.2 Å². The van der Waals surface area contributed by atoms with E-state index < -0.39 is 0 Å². The number of hydrogen-bond donors (Lipinski definition) is 1. The zero-order valence-corrected chi connectivity index (χ0v) is 13.2. The molecule has 110 valence electrons. The van der Waals surface area contributed by atoms with Gasteiger partial charge in [-0.15, -0.1) is 0 Å². The first kappa shape index (κ1) is 15.6. The van der Waals surface area contributed by atoms with E-state index in [1.807, 2.05) is 25.1 Å². The van der Waals surface area contributed by atoms with Gasteiger partial charge in [0.25, 0.3) is 0 Å². The molecule has 2 rings (SSSR count). The minimum Gasteiger partial charge on any atom is -0.356 e. The van der Waals surface area contributed by atoms with E-state index in [-0.39, 0.29) is 11.8 Å². The highest BCUT2D eigenvalue weighted by Crippen LogP contribution is 2.24. The first-order chi connectivity index (χ1) is 9.60. The zero-order valence-electron chi connectivity index (χ0n) is 11.7. The Morgan fingerprint density at radius 3 is 2.90 bits per heavy atom. The SMILES string of the molecule is CCNC(=O)C1CCCN(Cc2ccc(Cl)c(Cl)c2)C1. The summed E-state index contributed by atoms with van der Waals surface area (Å²) in [4.78, 5) is 14.2. The van der Waals surface area contributed by atoms with Crippen LogP contribution in [-0.4, -0.2) is 30.4 Å². The van der Waals surface area contributed by atoms with E-state index in [4.69, 9.17) is 23.2 Å². The molecule has 0 bridgehead atoms. The first-order valence-electron chi connectivity index (χ1n) is 7.04. The van der Waals surface area contributed by atoms with E-state index in [1.54, 1.807) is 0 Å². The van der Waals surface area contributed by atoms with E-state index >= 15 is 0 Å². The summed E-state index contributed by atoms with van der Waals surface area (Å²) in [6, 6.07) is 5.72. The van der Waals surface area contributed by atoms with Crippen LogP contribution in [0.3, 0.4) is 0 Å². The predicted octanol–water partition coefficient (Wildman–Crippen LogP) is 3.34. The Morgan fingerprint density at radius 2 is 2.20 bits per heavy atom. The highest BCUT2D eigenvalue weighted by atomic mass is 35.5. The molecule has 1 amide bonds. The average molecular weight is 315 g/mol. The molecule has 1 heterocycles. The number of carbonyl (C=O) groups is 1. The second kappa shape index (κ2) is 7.30. The Hall–Kier alpha value is -0.770. The molecule has 5 heteroatoms. The first-order valence-corrected chi connectivity index (χ1v) is 7.79.